The number of rotatable bonds is 7. The van der Waals surface area contributed by atoms with E-state index in [-0.39, 0.29) is 22.7 Å². The Bertz CT molecular complexity index is 1430. The number of nitrogens with one attached hydrogen (secondary N) is 1. The first kappa shape index (κ1) is 23.5. The lowest BCUT2D eigenvalue weighted by Gasteiger charge is -2.14. The van der Waals surface area contributed by atoms with E-state index < -0.39 is 42.5 Å². The van der Waals surface area contributed by atoms with Crippen molar-refractivity contribution < 1.29 is 36.7 Å². The van der Waals surface area contributed by atoms with Gasteiger partial charge >= 0.3 is 17.8 Å². The van der Waals surface area contributed by atoms with Gasteiger partial charge in [-0.15, -0.1) is 0 Å². The van der Waals surface area contributed by atoms with E-state index in [0.717, 1.165) is 18.2 Å². The average Bonchev–Trinajstić information content (AvgIpc) is 3.35. The third-order valence-corrected chi connectivity index (χ3v) is 4.58. The summed E-state index contributed by atoms with van der Waals surface area (Å²) in [6.45, 7) is -1.34. The van der Waals surface area contributed by atoms with Crippen LogP contribution in [0.2, 0.25) is 0 Å². The molecule has 0 atom stereocenters. The van der Waals surface area contributed by atoms with Crippen LogP contribution in [0.3, 0.4) is 0 Å². The van der Waals surface area contributed by atoms with Crippen LogP contribution < -0.4 is 15.7 Å². The molecule has 1 amide bonds. The largest absolute Gasteiger partial charge is 0.482 e. The summed E-state index contributed by atoms with van der Waals surface area (Å²) in [5, 5.41) is 6.77. The molecule has 2 aromatic carbocycles. The number of esters is 1. The molecule has 0 aliphatic carbocycles. The Balaban J connectivity index is 1.36. The predicted molar refractivity (Wildman–Crippen MR) is 114 cm³/mol. The Labute approximate surface area is 193 Å². The van der Waals surface area contributed by atoms with Gasteiger partial charge in [0.15, 0.2) is 13.2 Å². The smallest absolute Gasteiger partial charge is 0.416 e. The molecule has 35 heavy (non-hydrogen) atoms. The molecule has 1 N–H and O–H groups in total. The normalized spacial score (nSPS) is 11.3. The fraction of sp³-hybridized carbons (Fsp3) is 0.136. The molecule has 2 aromatic heterocycles. The Morgan fingerprint density at radius 3 is 2.60 bits per heavy atom. The van der Waals surface area contributed by atoms with Crippen LogP contribution in [0.4, 0.5) is 18.9 Å². The number of hydrogen-bond donors (Lipinski definition) is 1. The maximum atomic E-state index is 13.1. The minimum Gasteiger partial charge on any atom is -0.482 e. The zero-order chi connectivity index (χ0) is 25.0. The van der Waals surface area contributed by atoms with Crippen molar-refractivity contribution in [1.29, 1.82) is 0 Å². The molecule has 180 valence electrons. The third-order valence-electron chi connectivity index (χ3n) is 4.58. The molecule has 10 nitrogen and oxygen atoms in total. The van der Waals surface area contributed by atoms with E-state index in [1.165, 1.54) is 29.5 Å². The number of anilines is 1. The summed E-state index contributed by atoms with van der Waals surface area (Å²) in [7, 11) is 0. The van der Waals surface area contributed by atoms with E-state index >= 15 is 0 Å². The van der Waals surface area contributed by atoms with Crippen molar-refractivity contribution in [3.63, 3.8) is 0 Å². The van der Waals surface area contributed by atoms with E-state index in [1.54, 1.807) is 18.2 Å². The highest BCUT2D eigenvalue weighted by Gasteiger charge is 2.31. The molecular weight excluding hydrogens is 473 g/mol. The van der Waals surface area contributed by atoms with E-state index in [1.807, 2.05) is 0 Å². The molecule has 0 saturated heterocycles. The summed E-state index contributed by atoms with van der Waals surface area (Å²) < 4.78 is 55.6. The molecule has 0 aliphatic heterocycles. The van der Waals surface area contributed by atoms with Crippen molar-refractivity contribution in [2.75, 3.05) is 18.5 Å². The first-order chi connectivity index (χ1) is 16.7. The van der Waals surface area contributed by atoms with Crippen LogP contribution in [0.5, 0.6) is 5.75 Å². The van der Waals surface area contributed by atoms with Crippen LogP contribution in [0.15, 0.2) is 70.4 Å². The van der Waals surface area contributed by atoms with Crippen molar-refractivity contribution >= 4 is 28.5 Å². The number of carbonyl (C=O) groups is 2. The topological polar surface area (TPSA) is 126 Å². The number of nitrogens with zero attached hydrogens (tertiary/aromatic N) is 3. The van der Waals surface area contributed by atoms with E-state index in [4.69, 9.17) is 13.9 Å². The minimum atomic E-state index is -4.64. The number of aromatic nitrogens is 3. The molecule has 13 heteroatoms. The molecule has 0 unspecified atom stereocenters. The van der Waals surface area contributed by atoms with Gasteiger partial charge in [-0.3, -0.25) is 4.79 Å². The number of carbonyl (C=O) groups excluding carboxylic acids is 2. The molecule has 0 spiro atoms. The molecule has 0 fully saturated rings. The molecule has 0 bridgehead atoms. The van der Waals surface area contributed by atoms with Crippen LogP contribution in [-0.4, -0.2) is 39.9 Å². The van der Waals surface area contributed by atoms with Crippen LogP contribution in [0.25, 0.3) is 16.7 Å². The molecule has 4 rings (SSSR count). The molecule has 0 radical (unpaired) electrons. The fourth-order valence-corrected chi connectivity index (χ4v) is 2.99. The molecular formula is C22H15F3N4O6. The number of alkyl halides is 3. The van der Waals surface area contributed by atoms with Gasteiger partial charge in [0.25, 0.3) is 5.91 Å². The van der Waals surface area contributed by atoms with Crippen molar-refractivity contribution in [1.82, 2.24) is 14.8 Å². The minimum absolute atomic E-state index is 0.126. The zero-order valence-electron chi connectivity index (χ0n) is 17.6. The highest BCUT2D eigenvalue weighted by Crippen LogP contribution is 2.33. The lowest BCUT2D eigenvalue weighted by Crippen LogP contribution is -2.24. The van der Waals surface area contributed by atoms with E-state index in [9.17, 15) is 27.6 Å². The van der Waals surface area contributed by atoms with Gasteiger partial charge in [-0.1, -0.05) is 0 Å². The number of ether oxygens (including phenoxy) is 2. The van der Waals surface area contributed by atoms with Crippen LogP contribution in [-0.2, 0) is 20.5 Å². The van der Waals surface area contributed by atoms with Crippen LogP contribution in [0.1, 0.15) is 5.56 Å². The Hall–Kier alpha value is -4.68. The SMILES string of the molecule is O=C(COC(=O)COc1ccc2ccc(=O)oc2c1)Nc1cc(C(F)(F)F)ccc1-n1cncn1. The van der Waals surface area contributed by atoms with Gasteiger partial charge in [0, 0.05) is 17.5 Å². The Morgan fingerprint density at radius 2 is 1.86 bits per heavy atom. The lowest BCUT2D eigenvalue weighted by atomic mass is 10.1. The summed E-state index contributed by atoms with van der Waals surface area (Å²) in [6, 6.07) is 10.1. The van der Waals surface area contributed by atoms with E-state index in [0.29, 0.717) is 5.39 Å². The second kappa shape index (κ2) is 9.67. The summed E-state index contributed by atoms with van der Waals surface area (Å²) in [5.41, 5.74) is -1.37. The average molecular weight is 488 g/mol. The van der Waals surface area contributed by atoms with Crippen molar-refractivity contribution in [3.05, 3.63) is 77.2 Å². The lowest BCUT2D eigenvalue weighted by molar-refractivity contribution is -0.149. The number of halogens is 3. The number of amides is 1. The van der Waals surface area contributed by atoms with Crippen molar-refractivity contribution in [3.8, 4) is 11.4 Å². The molecule has 2 heterocycles. The van der Waals surface area contributed by atoms with Crippen molar-refractivity contribution in [2.24, 2.45) is 0 Å². The number of benzene rings is 2. The first-order valence-corrected chi connectivity index (χ1v) is 9.87. The van der Waals surface area contributed by atoms with Gasteiger partial charge in [-0.25, -0.2) is 19.3 Å². The van der Waals surface area contributed by atoms with E-state index in [2.05, 4.69) is 15.4 Å². The summed E-state index contributed by atoms with van der Waals surface area (Å²) in [4.78, 5) is 39.3. The van der Waals surface area contributed by atoms with Gasteiger partial charge in [0.2, 0.25) is 0 Å². The third kappa shape index (κ3) is 5.82. The van der Waals surface area contributed by atoms with Crippen LogP contribution >= 0.6 is 0 Å². The monoisotopic (exact) mass is 488 g/mol. The maximum absolute atomic E-state index is 13.1. The van der Waals surface area contributed by atoms with Gasteiger partial charge in [-0.05, 0) is 36.4 Å². The number of hydrogen-bond acceptors (Lipinski definition) is 8. The fourth-order valence-electron chi connectivity index (χ4n) is 2.99. The second-order valence-electron chi connectivity index (χ2n) is 7.02. The quantitative estimate of drug-likeness (QED) is 0.311. The predicted octanol–water partition coefficient (Wildman–Crippen LogP) is 2.95. The molecule has 0 saturated carbocycles. The second-order valence-corrected chi connectivity index (χ2v) is 7.02. The summed E-state index contributed by atoms with van der Waals surface area (Å²) in [6.07, 6.45) is -2.22. The summed E-state index contributed by atoms with van der Waals surface area (Å²) >= 11 is 0. The zero-order valence-corrected chi connectivity index (χ0v) is 17.6. The summed E-state index contributed by atoms with van der Waals surface area (Å²) in [5.74, 6) is -1.57. The standard InChI is InChI=1S/C22H15F3N4O6/c23-22(24,25)14-3-5-17(29-12-26-11-27-29)16(7-14)28-19(30)9-34-21(32)10-33-15-4-1-13-2-6-20(31)35-18(13)8-15/h1-8,11-12H,9-10H2,(H,28,30). The van der Waals surface area contributed by atoms with Gasteiger partial charge < -0.3 is 19.2 Å². The Kier molecular flexibility index (Phi) is 6.48. The van der Waals surface area contributed by atoms with Gasteiger partial charge in [0.05, 0.1) is 16.9 Å². The highest BCUT2D eigenvalue weighted by atomic mass is 19.4. The Morgan fingerprint density at radius 1 is 1.06 bits per heavy atom. The van der Waals surface area contributed by atoms with Gasteiger partial charge in [-0.2, -0.15) is 18.3 Å². The molecule has 0 aliphatic rings. The maximum Gasteiger partial charge on any atom is 0.416 e. The van der Waals surface area contributed by atoms with Crippen LogP contribution in [0, 0.1) is 0 Å². The molecule has 4 aromatic rings. The first-order valence-electron chi connectivity index (χ1n) is 9.87. The highest BCUT2D eigenvalue weighted by molar-refractivity contribution is 5.94. The number of fused-ring (bicyclic) bond motifs is 1. The van der Waals surface area contributed by atoms with Gasteiger partial charge in [0.1, 0.15) is 24.0 Å². The van der Waals surface area contributed by atoms with Crippen molar-refractivity contribution in [2.45, 2.75) is 6.18 Å².